The molecule has 0 spiro atoms. The summed E-state index contributed by atoms with van der Waals surface area (Å²) in [7, 11) is 0. The second-order valence-corrected chi connectivity index (χ2v) is 7.11. The molecule has 140 valence electrons. The van der Waals surface area contributed by atoms with Gasteiger partial charge < -0.3 is 9.80 Å². The minimum absolute atomic E-state index is 0.0146. The van der Waals surface area contributed by atoms with Gasteiger partial charge in [-0.2, -0.15) is 0 Å². The fourth-order valence-corrected chi connectivity index (χ4v) is 4.16. The molecule has 2 atom stereocenters. The van der Waals surface area contributed by atoms with Crippen molar-refractivity contribution in [3.63, 3.8) is 0 Å². The fraction of sp³-hybridized carbons (Fsp3) is 0.450. The third kappa shape index (κ3) is 3.82. The van der Waals surface area contributed by atoms with Gasteiger partial charge in [0, 0.05) is 56.9 Å². The highest BCUT2D eigenvalue weighted by Gasteiger charge is 2.47. The molecular weight excluding hydrogens is 342 g/mol. The Bertz CT molecular complexity index is 799. The molecule has 4 heterocycles. The number of likely N-dealkylation sites (tertiary alicyclic amines) is 2. The van der Waals surface area contributed by atoms with Crippen molar-refractivity contribution in [2.24, 2.45) is 0 Å². The predicted octanol–water partition coefficient (Wildman–Crippen LogP) is 1.25. The number of pyridine rings is 1. The Morgan fingerprint density at radius 2 is 2.00 bits per heavy atom. The van der Waals surface area contributed by atoms with E-state index in [2.05, 4.69) is 15.0 Å². The lowest BCUT2D eigenvalue weighted by atomic mass is 10.1. The monoisotopic (exact) mass is 365 g/mol. The van der Waals surface area contributed by atoms with E-state index in [1.54, 1.807) is 24.8 Å². The van der Waals surface area contributed by atoms with Crippen molar-refractivity contribution in [3.8, 4) is 0 Å². The van der Waals surface area contributed by atoms with Gasteiger partial charge in [0.15, 0.2) is 0 Å². The van der Waals surface area contributed by atoms with Crippen LogP contribution < -0.4 is 0 Å². The molecule has 0 bridgehead atoms. The molecule has 0 aliphatic carbocycles. The van der Waals surface area contributed by atoms with Crippen molar-refractivity contribution in [3.05, 3.63) is 54.4 Å². The Balaban J connectivity index is 1.34. The summed E-state index contributed by atoms with van der Waals surface area (Å²) in [6.45, 7) is 1.42. The highest BCUT2D eigenvalue weighted by Crippen LogP contribution is 2.33. The molecule has 2 aliphatic heterocycles. The molecule has 2 aromatic heterocycles. The molecule has 2 saturated heterocycles. The maximum absolute atomic E-state index is 12.7. The van der Waals surface area contributed by atoms with Gasteiger partial charge in [0.2, 0.25) is 11.8 Å². The quantitative estimate of drug-likeness (QED) is 0.770. The zero-order valence-electron chi connectivity index (χ0n) is 15.2. The third-order valence-corrected chi connectivity index (χ3v) is 5.51. The first kappa shape index (κ1) is 17.6. The maximum atomic E-state index is 12.7. The predicted molar refractivity (Wildman–Crippen MR) is 98.5 cm³/mol. The van der Waals surface area contributed by atoms with Crippen LogP contribution in [0.1, 0.15) is 30.5 Å². The van der Waals surface area contributed by atoms with Crippen LogP contribution in [0.3, 0.4) is 0 Å². The number of aryl methyl sites for hydroxylation is 1. The van der Waals surface area contributed by atoms with Crippen molar-refractivity contribution in [2.75, 3.05) is 13.1 Å². The molecule has 0 radical (unpaired) electrons. The van der Waals surface area contributed by atoms with E-state index in [9.17, 15) is 9.59 Å². The molecule has 7 nitrogen and oxygen atoms in total. The standard InChI is InChI=1S/C20H23N5O2/c26-19(4-3-16-14-22-8-9-23-16)25-11-6-17-18(25)12-20(27)24(17)10-5-15-2-1-7-21-13-15/h1-2,7-9,13-14,17-18H,3-6,10-12H2/t17-,18-/m0/s1. The third-order valence-electron chi connectivity index (χ3n) is 5.51. The van der Waals surface area contributed by atoms with E-state index in [0.29, 0.717) is 25.8 Å². The number of rotatable bonds is 6. The van der Waals surface area contributed by atoms with Gasteiger partial charge in [-0.1, -0.05) is 6.07 Å². The van der Waals surface area contributed by atoms with Crippen LogP contribution in [0.5, 0.6) is 0 Å². The Morgan fingerprint density at radius 1 is 1.11 bits per heavy atom. The van der Waals surface area contributed by atoms with E-state index in [1.807, 2.05) is 28.1 Å². The van der Waals surface area contributed by atoms with Gasteiger partial charge in [0.1, 0.15) is 0 Å². The van der Waals surface area contributed by atoms with Gasteiger partial charge >= 0.3 is 0 Å². The summed E-state index contributed by atoms with van der Waals surface area (Å²) in [4.78, 5) is 41.5. The van der Waals surface area contributed by atoms with Crippen molar-refractivity contribution < 1.29 is 9.59 Å². The van der Waals surface area contributed by atoms with E-state index >= 15 is 0 Å². The number of nitrogens with zero attached hydrogens (tertiary/aromatic N) is 5. The van der Waals surface area contributed by atoms with E-state index < -0.39 is 0 Å². The first-order chi connectivity index (χ1) is 13.2. The molecular formula is C20H23N5O2. The van der Waals surface area contributed by atoms with E-state index in [0.717, 1.165) is 30.6 Å². The molecule has 0 N–H and O–H groups in total. The van der Waals surface area contributed by atoms with Crippen LogP contribution in [0.4, 0.5) is 0 Å². The maximum Gasteiger partial charge on any atom is 0.225 e. The molecule has 7 heteroatoms. The van der Waals surface area contributed by atoms with Gasteiger partial charge in [-0.3, -0.25) is 24.5 Å². The number of amides is 2. The summed E-state index contributed by atoms with van der Waals surface area (Å²) in [5.41, 5.74) is 1.95. The Morgan fingerprint density at radius 3 is 2.78 bits per heavy atom. The zero-order valence-corrected chi connectivity index (χ0v) is 15.2. The summed E-state index contributed by atoms with van der Waals surface area (Å²) in [6.07, 6.45) is 11.6. The fourth-order valence-electron chi connectivity index (χ4n) is 4.16. The van der Waals surface area contributed by atoms with Gasteiger partial charge in [0.25, 0.3) is 0 Å². The molecule has 2 fully saturated rings. The average Bonchev–Trinajstić information content (AvgIpc) is 3.24. The first-order valence-electron chi connectivity index (χ1n) is 9.45. The molecule has 2 aliphatic rings. The number of aromatic nitrogens is 3. The Labute approximate surface area is 158 Å². The van der Waals surface area contributed by atoms with Crippen LogP contribution in [0.25, 0.3) is 0 Å². The molecule has 0 aromatic carbocycles. The lowest BCUT2D eigenvalue weighted by Crippen LogP contribution is -2.40. The number of fused-ring (bicyclic) bond motifs is 1. The van der Waals surface area contributed by atoms with Crippen LogP contribution in [0, 0.1) is 0 Å². The van der Waals surface area contributed by atoms with Crippen LogP contribution >= 0.6 is 0 Å². The van der Waals surface area contributed by atoms with Crippen molar-refractivity contribution in [2.45, 2.75) is 44.2 Å². The lowest BCUT2D eigenvalue weighted by molar-refractivity contribution is -0.132. The minimum Gasteiger partial charge on any atom is -0.337 e. The summed E-state index contributed by atoms with van der Waals surface area (Å²) in [5.74, 6) is 0.260. The second kappa shape index (κ2) is 7.82. The van der Waals surface area contributed by atoms with Crippen LogP contribution in [-0.4, -0.2) is 61.7 Å². The topological polar surface area (TPSA) is 79.3 Å². The normalized spacial score (nSPS) is 21.6. The van der Waals surface area contributed by atoms with Crippen LogP contribution in [-0.2, 0) is 22.4 Å². The largest absolute Gasteiger partial charge is 0.337 e. The number of carbonyl (C=O) groups excluding carboxylic acids is 2. The first-order valence-corrected chi connectivity index (χ1v) is 9.45. The van der Waals surface area contributed by atoms with Gasteiger partial charge in [-0.25, -0.2) is 0 Å². The van der Waals surface area contributed by atoms with Gasteiger partial charge in [-0.05, 0) is 30.9 Å². The highest BCUT2D eigenvalue weighted by molar-refractivity contribution is 5.83. The molecule has 2 aromatic rings. The summed E-state index contributed by atoms with van der Waals surface area (Å²) >= 11 is 0. The van der Waals surface area contributed by atoms with Gasteiger partial charge in [-0.15, -0.1) is 0 Å². The summed E-state index contributed by atoms with van der Waals surface area (Å²) in [5, 5.41) is 0. The molecule has 2 amide bonds. The average molecular weight is 365 g/mol. The molecule has 0 unspecified atom stereocenters. The van der Waals surface area contributed by atoms with Crippen molar-refractivity contribution >= 4 is 11.8 Å². The number of hydrogen-bond donors (Lipinski definition) is 0. The second-order valence-electron chi connectivity index (χ2n) is 7.11. The van der Waals surface area contributed by atoms with Crippen molar-refractivity contribution in [1.82, 2.24) is 24.8 Å². The SMILES string of the molecule is O=C1C[C@H]2[C@H](CCN2C(=O)CCc2cnccn2)N1CCc1cccnc1. The molecule has 27 heavy (non-hydrogen) atoms. The highest BCUT2D eigenvalue weighted by atomic mass is 16.2. The van der Waals surface area contributed by atoms with Gasteiger partial charge in [0.05, 0.1) is 17.8 Å². The van der Waals surface area contributed by atoms with E-state index in [-0.39, 0.29) is 23.9 Å². The van der Waals surface area contributed by atoms with Crippen LogP contribution in [0.2, 0.25) is 0 Å². The summed E-state index contributed by atoms with van der Waals surface area (Å²) in [6, 6.07) is 4.11. The molecule has 0 saturated carbocycles. The molecule has 4 rings (SSSR count). The zero-order chi connectivity index (χ0) is 18.6. The Kier molecular flexibility index (Phi) is 5.09. The van der Waals surface area contributed by atoms with E-state index in [4.69, 9.17) is 0 Å². The number of hydrogen-bond acceptors (Lipinski definition) is 5. The minimum atomic E-state index is 0.0146. The summed E-state index contributed by atoms with van der Waals surface area (Å²) < 4.78 is 0. The Hall–Kier alpha value is -2.83. The smallest absolute Gasteiger partial charge is 0.225 e. The van der Waals surface area contributed by atoms with E-state index in [1.165, 1.54) is 0 Å². The van der Waals surface area contributed by atoms with Crippen molar-refractivity contribution in [1.29, 1.82) is 0 Å². The number of carbonyl (C=O) groups is 2. The lowest BCUT2D eigenvalue weighted by Gasteiger charge is -2.25. The van der Waals surface area contributed by atoms with Crippen LogP contribution in [0.15, 0.2) is 43.1 Å².